The van der Waals surface area contributed by atoms with Crippen LogP contribution in [-0.4, -0.2) is 30.0 Å². The minimum Gasteiger partial charge on any atom is -0.394 e. The summed E-state index contributed by atoms with van der Waals surface area (Å²) in [5.41, 5.74) is 0.996. The van der Waals surface area contributed by atoms with Crippen molar-refractivity contribution in [2.75, 3.05) is 6.61 Å². The van der Waals surface area contributed by atoms with Crippen molar-refractivity contribution in [2.45, 2.75) is 32.2 Å². The first kappa shape index (κ1) is 11.1. The molecule has 0 aromatic carbocycles. The molecule has 1 aliphatic rings. The molecule has 0 aromatic heterocycles. The molecule has 0 spiro atoms. The van der Waals surface area contributed by atoms with Crippen LogP contribution in [0.1, 0.15) is 13.8 Å². The van der Waals surface area contributed by atoms with Crippen LogP contribution in [-0.2, 0) is 9.26 Å². The molecule has 5 atom stereocenters. The molecule has 0 aliphatic carbocycles. The Morgan fingerprint density at radius 1 is 1.69 bits per heavy atom. The number of hydrogen-bond donors (Lipinski definition) is 1. The Labute approximate surface area is 81.4 Å². The fraction of sp³-hybridized carbons (Fsp3) is 0.778. The van der Waals surface area contributed by atoms with Gasteiger partial charge in [0, 0.05) is 15.4 Å². The molecule has 3 nitrogen and oxygen atoms in total. The van der Waals surface area contributed by atoms with Crippen LogP contribution >= 0.6 is 9.47 Å². The van der Waals surface area contributed by atoms with Gasteiger partial charge in [0.2, 0.25) is 0 Å². The van der Waals surface area contributed by atoms with E-state index in [1.807, 2.05) is 13.8 Å². The monoisotopic (exact) mass is 204 g/mol. The Kier molecular flexibility index (Phi) is 3.87. The molecule has 0 radical (unpaired) electrons. The lowest BCUT2D eigenvalue weighted by Gasteiger charge is -2.21. The average Bonchev–Trinajstić information content (AvgIpc) is 2.41. The van der Waals surface area contributed by atoms with Crippen LogP contribution < -0.4 is 0 Å². The third kappa shape index (κ3) is 2.10. The van der Waals surface area contributed by atoms with Gasteiger partial charge in [-0.1, -0.05) is 12.2 Å². The molecular formula is C9H17O3P. The first-order valence-corrected chi connectivity index (χ1v) is 4.86. The van der Waals surface area contributed by atoms with Gasteiger partial charge in [0.15, 0.2) is 0 Å². The molecule has 76 valence electrons. The molecule has 1 saturated heterocycles. The van der Waals surface area contributed by atoms with E-state index in [1.165, 1.54) is 0 Å². The van der Waals surface area contributed by atoms with Crippen LogP contribution in [0.3, 0.4) is 0 Å². The highest BCUT2D eigenvalue weighted by Crippen LogP contribution is 2.34. The SMILES string of the molecule is C=C(C)C1C(OP)[C@@H](C)O[C@H]1CO. The van der Waals surface area contributed by atoms with Gasteiger partial charge in [-0.15, -0.1) is 0 Å². The summed E-state index contributed by atoms with van der Waals surface area (Å²) < 4.78 is 10.8. The molecular weight excluding hydrogens is 187 g/mol. The topological polar surface area (TPSA) is 38.7 Å². The van der Waals surface area contributed by atoms with E-state index in [4.69, 9.17) is 14.4 Å². The lowest BCUT2D eigenvalue weighted by atomic mass is 9.91. The van der Waals surface area contributed by atoms with Crippen molar-refractivity contribution >= 4 is 9.47 Å². The highest BCUT2D eigenvalue weighted by atomic mass is 31.0. The Morgan fingerprint density at radius 3 is 2.69 bits per heavy atom. The molecule has 0 amide bonds. The van der Waals surface area contributed by atoms with Crippen molar-refractivity contribution in [1.82, 2.24) is 0 Å². The lowest BCUT2D eigenvalue weighted by molar-refractivity contribution is 0.00305. The van der Waals surface area contributed by atoms with Crippen molar-refractivity contribution in [3.8, 4) is 0 Å². The molecule has 4 heteroatoms. The standard InChI is InChI=1S/C9H17O3P/c1-5(2)8-7(4-10)11-6(3)9(8)12-13/h6-10H,1,4,13H2,2-3H3/t6-,7+,8?,9?/m1/s1. The highest BCUT2D eigenvalue weighted by molar-refractivity contribution is 7.09. The van der Waals surface area contributed by atoms with Gasteiger partial charge >= 0.3 is 0 Å². The van der Waals surface area contributed by atoms with E-state index in [-0.39, 0.29) is 30.8 Å². The number of ether oxygens (including phenoxy) is 1. The van der Waals surface area contributed by atoms with Gasteiger partial charge in [0.25, 0.3) is 0 Å². The second-order valence-electron chi connectivity index (χ2n) is 3.54. The molecule has 0 saturated carbocycles. The van der Waals surface area contributed by atoms with Crippen molar-refractivity contribution in [3.63, 3.8) is 0 Å². The second-order valence-corrected chi connectivity index (χ2v) is 3.81. The van der Waals surface area contributed by atoms with Crippen molar-refractivity contribution in [3.05, 3.63) is 12.2 Å². The predicted molar refractivity (Wildman–Crippen MR) is 54.3 cm³/mol. The Balaban J connectivity index is 2.77. The quantitative estimate of drug-likeness (QED) is 0.553. The van der Waals surface area contributed by atoms with Crippen molar-refractivity contribution in [1.29, 1.82) is 0 Å². The predicted octanol–water partition coefficient (Wildman–Crippen LogP) is 1.13. The fourth-order valence-corrected chi connectivity index (χ4v) is 2.28. The zero-order chi connectivity index (χ0) is 10.0. The van der Waals surface area contributed by atoms with Crippen LogP contribution in [0.15, 0.2) is 12.2 Å². The van der Waals surface area contributed by atoms with Crippen LogP contribution in [0, 0.1) is 5.92 Å². The summed E-state index contributed by atoms with van der Waals surface area (Å²) >= 11 is 0. The van der Waals surface area contributed by atoms with E-state index in [0.29, 0.717) is 0 Å². The van der Waals surface area contributed by atoms with Gasteiger partial charge < -0.3 is 14.4 Å². The van der Waals surface area contributed by atoms with E-state index >= 15 is 0 Å². The van der Waals surface area contributed by atoms with E-state index in [1.54, 1.807) is 0 Å². The number of aliphatic hydroxyl groups is 1. The normalized spacial score (nSPS) is 39.4. The molecule has 13 heavy (non-hydrogen) atoms. The minimum absolute atomic E-state index is 0.0105. The molecule has 3 unspecified atom stereocenters. The Hall–Kier alpha value is 0.0500. The minimum atomic E-state index is -0.168. The van der Waals surface area contributed by atoms with E-state index < -0.39 is 0 Å². The van der Waals surface area contributed by atoms with Gasteiger partial charge in [-0.05, 0) is 13.8 Å². The third-order valence-electron chi connectivity index (χ3n) is 2.51. The summed E-state index contributed by atoms with van der Waals surface area (Å²) in [4.78, 5) is 0. The Bertz CT molecular complexity index is 195. The first-order chi connectivity index (χ1) is 6.11. The zero-order valence-electron chi connectivity index (χ0n) is 8.06. The maximum Gasteiger partial charge on any atom is 0.0960 e. The van der Waals surface area contributed by atoms with Crippen molar-refractivity contribution < 1.29 is 14.4 Å². The van der Waals surface area contributed by atoms with Gasteiger partial charge in [-0.2, -0.15) is 0 Å². The summed E-state index contributed by atoms with van der Waals surface area (Å²) in [6, 6.07) is 0. The fourth-order valence-electron chi connectivity index (χ4n) is 1.89. The molecule has 0 bridgehead atoms. The molecule has 1 N–H and O–H groups in total. The van der Waals surface area contributed by atoms with Crippen LogP contribution in [0.5, 0.6) is 0 Å². The van der Waals surface area contributed by atoms with Gasteiger partial charge in [-0.3, -0.25) is 0 Å². The molecule has 0 aromatic rings. The van der Waals surface area contributed by atoms with Crippen LogP contribution in [0.25, 0.3) is 0 Å². The van der Waals surface area contributed by atoms with E-state index in [9.17, 15) is 0 Å². The lowest BCUT2D eigenvalue weighted by Crippen LogP contribution is -2.29. The van der Waals surface area contributed by atoms with Crippen LogP contribution in [0.4, 0.5) is 0 Å². The van der Waals surface area contributed by atoms with Gasteiger partial charge in [-0.25, -0.2) is 0 Å². The zero-order valence-corrected chi connectivity index (χ0v) is 9.22. The average molecular weight is 204 g/mol. The van der Waals surface area contributed by atoms with E-state index in [0.717, 1.165) is 5.57 Å². The van der Waals surface area contributed by atoms with Crippen LogP contribution in [0.2, 0.25) is 0 Å². The molecule has 1 rings (SSSR count). The number of aliphatic hydroxyl groups excluding tert-OH is 1. The number of hydrogen-bond acceptors (Lipinski definition) is 3. The molecule has 1 heterocycles. The summed E-state index contributed by atoms with van der Waals surface area (Å²) in [6.45, 7) is 7.79. The summed E-state index contributed by atoms with van der Waals surface area (Å²) in [7, 11) is 2.25. The van der Waals surface area contributed by atoms with Gasteiger partial charge in [0.05, 0.1) is 24.9 Å². The van der Waals surface area contributed by atoms with Gasteiger partial charge in [0.1, 0.15) is 0 Å². The summed E-state index contributed by atoms with van der Waals surface area (Å²) in [5, 5.41) is 9.09. The number of rotatable bonds is 3. The van der Waals surface area contributed by atoms with E-state index in [2.05, 4.69) is 16.0 Å². The maximum atomic E-state index is 9.09. The largest absolute Gasteiger partial charge is 0.394 e. The first-order valence-electron chi connectivity index (χ1n) is 4.39. The molecule has 1 fully saturated rings. The smallest absolute Gasteiger partial charge is 0.0960 e. The summed E-state index contributed by atoms with van der Waals surface area (Å²) in [5.74, 6) is 0.0949. The van der Waals surface area contributed by atoms with Crippen molar-refractivity contribution in [2.24, 2.45) is 5.92 Å². The molecule has 1 aliphatic heterocycles. The second kappa shape index (κ2) is 4.52. The maximum absolute atomic E-state index is 9.09. The summed E-state index contributed by atoms with van der Waals surface area (Å²) in [6.07, 6.45) is -0.172. The Morgan fingerprint density at radius 2 is 2.31 bits per heavy atom. The highest BCUT2D eigenvalue weighted by Gasteiger charge is 2.42. The third-order valence-corrected chi connectivity index (χ3v) is 2.83.